The van der Waals surface area contributed by atoms with Crippen LogP contribution in [0.25, 0.3) is 10.8 Å². The van der Waals surface area contributed by atoms with Crippen molar-refractivity contribution in [3.8, 4) is 5.75 Å². The van der Waals surface area contributed by atoms with Crippen molar-refractivity contribution >= 4 is 17.0 Å². The number of aliphatic hydroxyl groups is 1. The molecule has 0 unspecified atom stereocenters. The lowest BCUT2D eigenvalue weighted by Gasteiger charge is -2.33. The van der Waals surface area contributed by atoms with Crippen molar-refractivity contribution in [2.45, 2.75) is 18.6 Å². The fourth-order valence-corrected chi connectivity index (χ4v) is 3.71. The van der Waals surface area contributed by atoms with Gasteiger partial charge in [0.1, 0.15) is 11.4 Å². The Labute approximate surface area is 170 Å². The van der Waals surface area contributed by atoms with Gasteiger partial charge in [-0.1, -0.05) is 91.0 Å². The zero-order valence-corrected chi connectivity index (χ0v) is 16.2. The van der Waals surface area contributed by atoms with Crippen LogP contribution in [0.5, 0.6) is 5.75 Å². The second-order valence-electron chi connectivity index (χ2n) is 7.18. The Morgan fingerprint density at radius 2 is 1.31 bits per heavy atom. The van der Waals surface area contributed by atoms with E-state index in [2.05, 4.69) is 4.99 Å². The van der Waals surface area contributed by atoms with Gasteiger partial charge in [0.25, 0.3) is 0 Å². The standard InChI is InChI=1S/C26H23NO2/c1-19(27-18-21-17-16-20-10-8-9-15-24(20)25(21)28)26(29,22-11-4-2-5-12-22)23-13-6-3-7-14-23/h2-19,28-29H,1H3/t19-/m1/s1. The number of rotatable bonds is 5. The lowest BCUT2D eigenvalue weighted by molar-refractivity contribution is 0.0589. The molecule has 0 aliphatic rings. The topological polar surface area (TPSA) is 52.8 Å². The van der Waals surface area contributed by atoms with Gasteiger partial charge in [-0.15, -0.1) is 0 Å². The summed E-state index contributed by atoms with van der Waals surface area (Å²) in [6, 6.07) is 30.2. The first-order chi connectivity index (χ1) is 14.1. The molecule has 0 bridgehead atoms. The van der Waals surface area contributed by atoms with E-state index in [4.69, 9.17) is 0 Å². The average Bonchev–Trinajstić information content (AvgIpc) is 2.79. The maximum absolute atomic E-state index is 11.8. The van der Waals surface area contributed by atoms with Crippen molar-refractivity contribution in [1.82, 2.24) is 0 Å². The van der Waals surface area contributed by atoms with E-state index in [1.165, 1.54) is 0 Å². The van der Waals surface area contributed by atoms with Crippen LogP contribution in [0.2, 0.25) is 0 Å². The summed E-state index contributed by atoms with van der Waals surface area (Å²) in [5.74, 6) is 0.196. The molecule has 0 heterocycles. The van der Waals surface area contributed by atoms with Crippen LogP contribution in [-0.4, -0.2) is 22.5 Å². The van der Waals surface area contributed by atoms with Crippen LogP contribution in [0.4, 0.5) is 0 Å². The summed E-state index contributed by atoms with van der Waals surface area (Å²) in [4.78, 5) is 4.65. The van der Waals surface area contributed by atoms with Crippen LogP contribution in [0, 0.1) is 0 Å². The van der Waals surface area contributed by atoms with E-state index in [0.717, 1.165) is 21.9 Å². The summed E-state index contributed by atoms with van der Waals surface area (Å²) in [7, 11) is 0. The van der Waals surface area contributed by atoms with Crippen molar-refractivity contribution in [2.24, 2.45) is 4.99 Å². The van der Waals surface area contributed by atoms with Crippen LogP contribution in [-0.2, 0) is 5.60 Å². The zero-order valence-electron chi connectivity index (χ0n) is 16.2. The minimum atomic E-state index is -1.29. The number of benzene rings is 4. The fraction of sp³-hybridized carbons (Fsp3) is 0.115. The summed E-state index contributed by atoms with van der Waals surface area (Å²) < 4.78 is 0. The molecule has 0 aliphatic carbocycles. The second-order valence-corrected chi connectivity index (χ2v) is 7.18. The Hall–Kier alpha value is -3.43. The molecule has 4 rings (SSSR count). The Kier molecular flexibility index (Phi) is 5.15. The second kappa shape index (κ2) is 7.90. The van der Waals surface area contributed by atoms with Crippen molar-refractivity contribution in [1.29, 1.82) is 0 Å². The van der Waals surface area contributed by atoms with E-state index in [1.807, 2.05) is 104 Å². The highest BCUT2D eigenvalue weighted by molar-refractivity contribution is 5.97. The van der Waals surface area contributed by atoms with E-state index in [-0.39, 0.29) is 5.75 Å². The predicted molar refractivity (Wildman–Crippen MR) is 119 cm³/mol. The molecule has 29 heavy (non-hydrogen) atoms. The molecule has 0 aromatic heterocycles. The molecule has 0 aliphatic heterocycles. The van der Waals surface area contributed by atoms with E-state index in [0.29, 0.717) is 5.56 Å². The van der Waals surface area contributed by atoms with Gasteiger partial charge in [0.2, 0.25) is 0 Å². The van der Waals surface area contributed by atoms with E-state index in [9.17, 15) is 10.2 Å². The number of hydrogen-bond acceptors (Lipinski definition) is 3. The molecule has 4 aromatic carbocycles. The normalized spacial score (nSPS) is 13.0. The van der Waals surface area contributed by atoms with E-state index in [1.54, 1.807) is 6.21 Å². The first-order valence-electron chi connectivity index (χ1n) is 9.68. The molecule has 0 spiro atoms. The Morgan fingerprint density at radius 1 is 0.759 bits per heavy atom. The molecule has 0 saturated carbocycles. The van der Waals surface area contributed by atoms with Crippen LogP contribution in [0.3, 0.4) is 0 Å². The minimum absolute atomic E-state index is 0.196. The number of phenols is 1. The molecule has 144 valence electrons. The molecule has 3 nitrogen and oxygen atoms in total. The maximum atomic E-state index is 11.8. The van der Waals surface area contributed by atoms with Crippen LogP contribution in [0.15, 0.2) is 102 Å². The maximum Gasteiger partial charge on any atom is 0.137 e. The number of aromatic hydroxyl groups is 1. The molecule has 0 saturated heterocycles. The Balaban J connectivity index is 1.74. The zero-order chi connectivity index (χ0) is 20.3. The SMILES string of the molecule is C[C@@H](N=Cc1ccc2ccccc2c1O)C(O)(c1ccccc1)c1ccccc1. The monoisotopic (exact) mass is 381 g/mol. The molecular formula is C26H23NO2. The van der Waals surface area contributed by atoms with Crippen molar-refractivity contribution in [2.75, 3.05) is 0 Å². The van der Waals surface area contributed by atoms with Crippen molar-refractivity contribution in [3.63, 3.8) is 0 Å². The smallest absolute Gasteiger partial charge is 0.137 e. The van der Waals surface area contributed by atoms with Gasteiger partial charge >= 0.3 is 0 Å². The fourth-order valence-electron chi connectivity index (χ4n) is 3.71. The van der Waals surface area contributed by atoms with Gasteiger partial charge in [0, 0.05) is 17.2 Å². The van der Waals surface area contributed by atoms with Gasteiger partial charge in [0.05, 0.1) is 6.04 Å². The number of phenolic OH excluding ortho intramolecular Hbond substituents is 1. The van der Waals surface area contributed by atoms with Gasteiger partial charge in [-0.2, -0.15) is 0 Å². The largest absolute Gasteiger partial charge is 0.507 e. The van der Waals surface area contributed by atoms with Gasteiger partial charge in [0.15, 0.2) is 0 Å². The highest BCUT2D eigenvalue weighted by Gasteiger charge is 2.37. The number of hydrogen-bond donors (Lipinski definition) is 2. The number of aliphatic imine (C=N–C) groups is 1. The van der Waals surface area contributed by atoms with Crippen molar-refractivity contribution in [3.05, 3.63) is 114 Å². The molecule has 0 radical (unpaired) electrons. The van der Waals surface area contributed by atoms with Crippen molar-refractivity contribution < 1.29 is 10.2 Å². The molecule has 0 fully saturated rings. The molecule has 4 aromatic rings. The highest BCUT2D eigenvalue weighted by atomic mass is 16.3. The minimum Gasteiger partial charge on any atom is -0.507 e. The third kappa shape index (κ3) is 3.53. The lowest BCUT2D eigenvalue weighted by Crippen LogP contribution is -2.38. The summed E-state index contributed by atoms with van der Waals surface area (Å²) in [5, 5.41) is 24.2. The highest BCUT2D eigenvalue weighted by Crippen LogP contribution is 2.35. The lowest BCUT2D eigenvalue weighted by atomic mass is 9.81. The molecule has 0 amide bonds. The van der Waals surface area contributed by atoms with Gasteiger partial charge in [-0.25, -0.2) is 0 Å². The number of fused-ring (bicyclic) bond motifs is 1. The summed E-state index contributed by atoms with van der Waals surface area (Å²) in [6.07, 6.45) is 1.64. The van der Waals surface area contributed by atoms with Crippen LogP contribution >= 0.6 is 0 Å². The summed E-state index contributed by atoms with van der Waals surface area (Å²) in [6.45, 7) is 1.88. The Morgan fingerprint density at radius 3 is 1.93 bits per heavy atom. The number of nitrogens with zero attached hydrogens (tertiary/aromatic N) is 1. The summed E-state index contributed by atoms with van der Waals surface area (Å²) >= 11 is 0. The average molecular weight is 381 g/mol. The van der Waals surface area contributed by atoms with Crippen LogP contribution in [0.1, 0.15) is 23.6 Å². The van der Waals surface area contributed by atoms with E-state index < -0.39 is 11.6 Å². The first-order valence-corrected chi connectivity index (χ1v) is 9.68. The summed E-state index contributed by atoms with van der Waals surface area (Å²) in [5.41, 5.74) is 0.891. The van der Waals surface area contributed by atoms with Crippen LogP contribution < -0.4 is 0 Å². The molecule has 3 heteroatoms. The Bertz CT molecular complexity index is 1100. The third-order valence-corrected chi connectivity index (χ3v) is 5.40. The molecule has 1 atom stereocenters. The third-order valence-electron chi connectivity index (χ3n) is 5.40. The molecular weight excluding hydrogens is 358 g/mol. The predicted octanol–water partition coefficient (Wildman–Crippen LogP) is 5.29. The van der Waals surface area contributed by atoms with Gasteiger partial charge in [-0.05, 0) is 29.5 Å². The van der Waals surface area contributed by atoms with Gasteiger partial charge < -0.3 is 10.2 Å². The van der Waals surface area contributed by atoms with E-state index >= 15 is 0 Å². The quantitative estimate of drug-likeness (QED) is 0.462. The molecule has 2 N–H and O–H groups in total. The first kappa shape index (κ1) is 18.9. The van der Waals surface area contributed by atoms with Gasteiger partial charge in [-0.3, -0.25) is 4.99 Å².